The van der Waals surface area contributed by atoms with Crippen LogP contribution in [0.1, 0.15) is 12.0 Å². The molecule has 3 heterocycles. The van der Waals surface area contributed by atoms with Crippen molar-refractivity contribution in [1.82, 2.24) is 15.2 Å². The first-order valence-electron chi connectivity index (χ1n) is 11.0. The lowest BCUT2D eigenvalue weighted by atomic mass is 10.2. The summed E-state index contributed by atoms with van der Waals surface area (Å²) < 4.78 is 10.9. The Morgan fingerprint density at radius 1 is 1.22 bits per heavy atom. The molecule has 3 aromatic rings. The number of carbonyl (C=O) groups excluding carboxylic acids is 2. The van der Waals surface area contributed by atoms with Crippen molar-refractivity contribution in [3.63, 3.8) is 0 Å². The van der Waals surface area contributed by atoms with E-state index in [1.807, 2.05) is 12.1 Å². The molecule has 184 valence electrons. The molecule has 5 rings (SSSR count). The lowest BCUT2D eigenvalue weighted by Crippen LogP contribution is -2.56. The van der Waals surface area contributed by atoms with Gasteiger partial charge in [0.1, 0.15) is 0 Å². The Labute approximate surface area is 209 Å². The number of hydrogen-bond donors (Lipinski definition) is 2. The van der Waals surface area contributed by atoms with Crippen LogP contribution in [0.4, 0.5) is 16.2 Å². The van der Waals surface area contributed by atoms with Gasteiger partial charge in [-0.3, -0.25) is 30.1 Å². The van der Waals surface area contributed by atoms with E-state index < -0.39 is 22.8 Å². The third-order valence-electron chi connectivity index (χ3n) is 5.85. The maximum Gasteiger partial charge on any atom is 0.412 e. The highest BCUT2D eigenvalue weighted by Gasteiger charge is 2.56. The third kappa shape index (κ3) is 4.48. The quantitative estimate of drug-likeness (QED) is 0.212. The van der Waals surface area contributed by atoms with Crippen LogP contribution in [0.25, 0.3) is 17.0 Å². The molecule has 0 bridgehead atoms. The lowest BCUT2D eigenvalue weighted by molar-refractivity contribution is -0.384. The summed E-state index contributed by atoms with van der Waals surface area (Å²) in [6, 6.07) is 13.0. The monoisotopic (exact) mass is 509 g/mol. The molecule has 12 heteroatoms. The number of non-ortho nitro benzene ring substituents is 1. The number of hydrogen-bond acceptors (Lipinski definition) is 8. The van der Waals surface area contributed by atoms with E-state index in [1.54, 1.807) is 18.3 Å². The van der Waals surface area contributed by atoms with Gasteiger partial charge in [0.15, 0.2) is 12.4 Å². The number of rotatable bonds is 7. The average molecular weight is 510 g/mol. The summed E-state index contributed by atoms with van der Waals surface area (Å²) in [5, 5.41) is 18.3. The van der Waals surface area contributed by atoms with Gasteiger partial charge in [-0.25, -0.2) is 4.79 Å². The standard InChI is InChI=1S/C24H20ClN5O6/c25-16-4-7-18-19(8-10-27-20(18)13-16)26-9-1-11-29-22(31)21(36-24(29)14-35-23(32)28-24)12-15-2-5-17(6-3-15)30(33)34/h2-8,10,12-13H,1,9,11,14H2,(H,26,27)(H,28,32)/b21-12+. The first-order valence-corrected chi connectivity index (χ1v) is 11.4. The maximum absolute atomic E-state index is 13.2. The molecule has 11 nitrogen and oxygen atoms in total. The second kappa shape index (κ2) is 9.34. The number of cyclic esters (lactones) is 1. The second-order valence-electron chi connectivity index (χ2n) is 8.20. The minimum absolute atomic E-state index is 0.000353. The summed E-state index contributed by atoms with van der Waals surface area (Å²) >= 11 is 6.05. The van der Waals surface area contributed by atoms with Crippen molar-refractivity contribution < 1.29 is 24.0 Å². The van der Waals surface area contributed by atoms with Crippen molar-refractivity contribution in [3.05, 3.63) is 81.2 Å². The van der Waals surface area contributed by atoms with Crippen molar-refractivity contribution in [3.8, 4) is 0 Å². The van der Waals surface area contributed by atoms with Gasteiger partial charge in [-0.2, -0.15) is 0 Å². The van der Waals surface area contributed by atoms with Gasteiger partial charge in [-0.15, -0.1) is 0 Å². The molecule has 36 heavy (non-hydrogen) atoms. The lowest BCUT2D eigenvalue weighted by Gasteiger charge is -2.29. The number of nitro groups is 1. The van der Waals surface area contributed by atoms with E-state index in [4.69, 9.17) is 21.1 Å². The highest BCUT2D eigenvalue weighted by atomic mass is 35.5. The molecule has 2 aliphatic rings. The summed E-state index contributed by atoms with van der Waals surface area (Å²) in [6.07, 6.45) is 3.01. The molecular weight excluding hydrogens is 490 g/mol. The van der Waals surface area contributed by atoms with E-state index in [-0.39, 0.29) is 24.6 Å². The molecule has 1 spiro atoms. The van der Waals surface area contributed by atoms with Crippen LogP contribution < -0.4 is 10.6 Å². The molecule has 0 aliphatic carbocycles. The van der Waals surface area contributed by atoms with Gasteiger partial charge >= 0.3 is 11.9 Å². The molecule has 2 aromatic carbocycles. The number of pyridine rings is 1. The van der Waals surface area contributed by atoms with Crippen LogP contribution in [0.3, 0.4) is 0 Å². The van der Waals surface area contributed by atoms with Crippen LogP contribution in [0, 0.1) is 10.1 Å². The zero-order valence-corrected chi connectivity index (χ0v) is 19.5. The van der Waals surface area contributed by atoms with E-state index in [0.717, 1.165) is 16.6 Å². The number of carbonyl (C=O) groups is 2. The number of halogens is 1. The molecule has 0 saturated carbocycles. The van der Waals surface area contributed by atoms with E-state index in [2.05, 4.69) is 15.6 Å². The molecule has 1 unspecified atom stereocenters. The van der Waals surface area contributed by atoms with Gasteiger partial charge in [0, 0.05) is 47.5 Å². The van der Waals surface area contributed by atoms with Gasteiger partial charge in [0.25, 0.3) is 11.6 Å². The average Bonchev–Trinajstić information content (AvgIpc) is 3.35. The van der Waals surface area contributed by atoms with Gasteiger partial charge < -0.3 is 14.8 Å². The first-order chi connectivity index (χ1) is 17.3. The van der Waals surface area contributed by atoms with E-state index in [9.17, 15) is 19.7 Å². The molecule has 0 radical (unpaired) electrons. The van der Waals surface area contributed by atoms with Crippen LogP contribution in [0.15, 0.2) is 60.5 Å². The van der Waals surface area contributed by atoms with Crippen LogP contribution in [0.5, 0.6) is 0 Å². The number of alkyl carbamates (subject to hydrolysis) is 1. The molecule has 2 saturated heterocycles. The predicted octanol–water partition coefficient (Wildman–Crippen LogP) is 3.89. The molecular formula is C24H20ClN5O6. The SMILES string of the molecule is O=C1NC2(CO1)O/C(=C/c1ccc([N+](=O)[O-])cc1)C(=O)N2CCCNc1ccnc2cc(Cl)ccc12. The fourth-order valence-corrected chi connectivity index (χ4v) is 4.29. The van der Waals surface area contributed by atoms with Crippen molar-refractivity contribution in [2.45, 2.75) is 12.3 Å². The van der Waals surface area contributed by atoms with Crippen LogP contribution in [0.2, 0.25) is 5.02 Å². The summed E-state index contributed by atoms with van der Waals surface area (Å²) in [4.78, 5) is 41.1. The van der Waals surface area contributed by atoms with Crippen molar-refractivity contribution >= 4 is 52.0 Å². The predicted molar refractivity (Wildman–Crippen MR) is 131 cm³/mol. The van der Waals surface area contributed by atoms with Crippen LogP contribution in [-0.2, 0) is 14.3 Å². The number of fused-ring (bicyclic) bond motifs is 1. The number of nitrogens with zero attached hydrogens (tertiary/aromatic N) is 3. The minimum atomic E-state index is -1.44. The number of nitrogens with one attached hydrogen (secondary N) is 2. The molecule has 2 fully saturated rings. The van der Waals surface area contributed by atoms with Crippen molar-refractivity contribution in [2.75, 3.05) is 25.0 Å². The van der Waals surface area contributed by atoms with Crippen molar-refractivity contribution in [1.29, 1.82) is 0 Å². The molecule has 2 aliphatic heterocycles. The Bertz CT molecular complexity index is 1400. The summed E-state index contributed by atoms with van der Waals surface area (Å²) in [6.45, 7) is 0.623. The first kappa shape index (κ1) is 23.4. The highest BCUT2D eigenvalue weighted by Crippen LogP contribution is 2.33. The zero-order valence-electron chi connectivity index (χ0n) is 18.8. The van der Waals surface area contributed by atoms with Gasteiger partial charge in [0.2, 0.25) is 0 Å². The van der Waals surface area contributed by atoms with Gasteiger partial charge in [-0.05, 0) is 54.5 Å². The van der Waals surface area contributed by atoms with Crippen LogP contribution >= 0.6 is 11.6 Å². The number of ether oxygens (including phenoxy) is 2. The van der Waals surface area contributed by atoms with E-state index in [1.165, 1.54) is 35.2 Å². The van der Waals surface area contributed by atoms with Crippen LogP contribution in [-0.4, -0.2) is 52.4 Å². The summed E-state index contributed by atoms with van der Waals surface area (Å²) in [7, 11) is 0. The summed E-state index contributed by atoms with van der Waals surface area (Å²) in [5.74, 6) is -1.87. The fourth-order valence-electron chi connectivity index (χ4n) is 4.13. The zero-order chi connectivity index (χ0) is 25.3. The number of anilines is 1. The third-order valence-corrected chi connectivity index (χ3v) is 6.08. The largest absolute Gasteiger partial charge is 0.441 e. The van der Waals surface area contributed by atoms with Crippen molar-refractivity contribution in [2.24, 2.45) is 0 Å². The van der Waals surface area contributed by atoms with Gasteiger partial charge in [-0.1, -0.05) is 11.6 Å². The minimum Gasteiger partial charge on any atom is -0.441 e. The molecule has 1 aromatic heterocycles. The molecule has 2 N–H and O–H groups in total. The number of amides is 2. The smallest absolute Gasteiger partial charge is 0.412 e. The number of benzene rings is 2. The molecule has 1 atom stereocenters. The second-order valence-corrected chi connectivity index (χ2v) is 8.64. The Hall–Kier alpha value is -4.38. The van der Waals surface area contributed by atoms with Gasteiger partial charge in [0.05, 0.1) is 10.4 Å². The Kier molecular flexibility index (Phi) is 6.06. The Morgan fingerprint density at radius 2 is 2.03 bits per heavy atom. The summed E-state index contributed by atoms with van der Waals surface area (Å²) in [5.41, 5.74) is 2.12. The fraction of sp³-hybridized carbons (Fsp3) is 0.208. The number of aromatic nitrogens is 1. The number of nitro benzene ring substituents is 1. The Morgan fingerprint density at radius 3 is 2.75 bits per heavy atom. The highest BCUT2D eigenvalue weighted by molar-refractivity contribution is 6.31. The molecule has 2 amide bonds. The normalized spacial score (nSPS) is 20.0. The maximum atomic E-state index is 13.2. The van der Waals surface area contributed by atoms with E-state index in [0.29, 0.717) is 23.6 Å². The Balaban J connectivity index is 1.29. The topological polar surface area (TPSA) is 136 Å². The van der Waals surface area contributed by atoms with E-state index >= 15 is 0 Å².